The third-order valence-electron chi connectivity index (χ3n) is 4.07. The predicted molar refractivity (Wildman–Crippen MR) is 90.1 cm³/mol. The topological polar surface area (TPSA) is 60.9 Å². The molecule has 0 unspecified atom stereocenters. The minimum Gasteiger partial charge on any atom is -0.366 e. The van der Waals surface area contributed by atoms with Crippen LogP contribution < -0.4 is 5.73 Å². The van der Waals surface area contributed by atoms with E-state index >= 15 is 0 Å². The molecule has 4 aromatic rings. The van der Waals surface area contributed by atoms with Crippen molar-refractivity contribution in [3.8, 4) is 0 Å². The van der Waals surface area contributed by atoms with Crippen LogP contribution in [0.1, 0.15) is 16.1 Å². The van der Waals surface area contributed by atoms with Gasteiger partial charge in [0.25, 0.3) is 0 Å². The Morgan fingerprint density at radius 1 is 1.21 bits per heavy atom. The average Bonchev–Trinajstić information content (AvgIpc) is 2.89. The molecule has 0 saturated carbocycles. The van der Waals surface area contributed by atoms with Crippen molar-refractivity contribution in [3.63, 3.8) is 0 Å². The number of hydrogen-bond acceptors (Lipinski definition) is 2. The normalized spacial score (nSPS) is 11.2. The van der Waals surface area contributed by atoms with E-state index in [0.717, 1.165) is 11.2 Å². The summed E-state index contributed by atoms with van der Waals surface area (Å²) >= 11 is 0. The minimum atomic E-state index is -0.518. The quantitative estimate of drug-likeness (QED) is 0.630. The molecule has 5 heteroatoms. The van der Waals surface area contributed by atoms with Crippen molar-refractivity contribution in [1.82, 2.24) is 9.55 Å². The van der Waals surface area contributed by atoms with Crippen molar-refractivity contribution < 1.29 is 9.18 Å². The number of rotatable bonds is 3. The molecular weight excluding hydrogens is 305 g/mol. The summed E-state index contributed by atoms with van der Waals surface area (Å²) in [5.41, 5.74) is 8.21. The molecule has 0 aliphatic rings. The highest BCUT2D eigenvalue weighted by molar-refractivity contribution is 6.17. The molecule has 0 aliphatic heterocycles. The van der Waals surface area contributed by atoms with Crippen molar-refractivity contribution in [2.45, 2.75) is 6.54 Å². The van der Waals surface area contributed by atoms with Gasteiger partial charge in [-0.3, -0.25) is 9.78 Å². The Hall–Kier alpha value is -3.21. The molecule has 0 fully saturated rings. The Balaban J connectivity index is 2.08. The molecule has 2 heterocycles. The average molecular weight is 318 g/mol. The van der Waals surface area contributed by atoms with Crippen molar-refractivity contribution in [3.05, 3.63) is 77.9 Å². The first-order valence-electron chi connectivity index (χ1n) is 7.47. The molecule has 4 nitrogen and oxygen atoms in total. The fourth-order valence-corrected chi connectivity index (χ4v) is 3.06. The molecule has 1 radical (unpaired) electrons. The van der Waals surface area contributed by atoms with Gasteiger partial charge in [0.15, 0.2) is 0 Å². The zero-order valence-corrected chi connectivity index (χ0v) is 12.7. The molecule has 117 valence electrons. The zero-order chi connectivity index (χ0) is 16.7. The number of halogens is 1. The molecule has 24 heavy (non-hydrogen) atoms. The van der Waals surface area contributed by atoms with Crippen LogP contribution in [0.2, 0.25) is 0 Å². The first kappa shape index (κ1) is 14.4. The third-order valence-corrected chi connectivity index (χ3v) is 4.07. The molecule has 0 bridgehead atoms. The van der Waals surface area contributed by atoms with Crippen LogP contribution in [-0.2, 0) is 6.54 Å². The minimum absolute atomic E-state index is 0.381. The summed E-state index contributed by atoms with van der Waals surface area (Å²) in [7, 11) is 0. The Morgan fingerprint density at radius 3 is 2.83 bits per heavy atom. The maximum absolute atomic E-state index is 13.8. The van der Waals surface area contributed by atoms with Gasteiger partial charge in [-0.2, -0.15) is 0 Å². The van der Waals surface area contributed by atoms with Crippen molar-refractivity contribution in [1.29, 1.82) is 0 Å². The molecule has 1 amide bonds. The maximum atomic E-state index is 13.8. The number of primary amides is 1. The van der Waals surface area contributed by atoms with Crippen LogP contribution >= 0.6 is 0 Å². The highest BCUT2D eigenvalue weighted by Crippen LogP contribution is 2.32. The Bertz CT molecular complexity index is 1070. The summed E-state index contributed by atoms with van der Waals surface area (Å²) < 4.78 is 15.7. The van der Waals surface area contributed by atoms with Gasteiger partial charge in [0, 0.05) is 22.5 Å². The summed E-state index contributed by atoms with van der Waals surface area (Å²) in [6, 6.07) is 16.6. The van der Waals surface area contributed by atoms with E-state index in [1.54, 1.807) is 18.3 Å². The third kappa shape index (κ3) is 2.22. The molecule has 2 aromatic carbocycles. The van der Waals surface area contributed by atoms with Gasteiger partial charge in [0.2, 0.25) is 5.91 Å². The van der Waals surface area contributed by atoms with Gasteiger partial charge in [-0.15, -0.1) is 0 Å². The van der Waals surface area contributed by atoms with Gasteiger partial charge in [-0.25, -0.2) is 4.39 Å². The Morgan fingerprint density at radius 2 is 2.08 bits per heavy atom. The van der Waals surface area contributed by atoms with Crippen molar-refractivity contribution in [2.75, 3.05) is 0 Å². The molecule has 4 rings (SSSR count). The number of carbonyl (C=O) groups excluding carboxylic acids is 1. The molecule has 0 aliphatic carbocycles. The van der Waals surface area contributed by atoms with E-state index in [-0.39, 0.29) is 5.82 Å². The van der Waals surface area contributed by atoms with Crippen LogP contribution in [0, 0.1) is 11.9 Å². The zero-order valence-electron chi connectivity index (χ0n) is 12.7. The van der Waals surface area contributed by atoms with Crippen LogP contribution in [0.5, 0.6) is 0 Å². The number of pyridine rings is 1. The van der Waals surface area contributed by atoms with E-state index in [1.807, 2.05) is 28.8 Å². The Kier molecular flexibility index (Phi) is 3.27. The SMILES string of the molecule is NC(=O)c1cccc2c1c1[c]cc(F)cc1n2Cc1ccccn1. The number of fused-ring (bicyclic) bond motifs is 3. The monoisotopic (exact) mass is 318 g/mol. The summed E-state index contributed by atoms with van der Waals surface area (Å²) in [6.07, 6.45) is 1.71. The molecule has 2 N–H and O–H groups in total. The maximum Gasteiger partial charge on any atom is 0.249 e. The second-order valence-corrected chi connectivity index (χ2v) is 5.55. The van der Waals surface area contributed by atoms with Gasteiger partial charge >= 0.3 is 0 Å². The lowest BCUT2D eigenvalue weighted by atomic mass is 10.1. The van der Waals surface area contributed by atoms with E-state index in [4.69, 9.17) is 5.73 Å². The first-order chi connectivity index (χ1) is 11.6. The van der Waals surface area contributed by atoms with Gasteiger partial charge in [0.05, 0.1) is 23.3 Å². The van der Waals surface area contributed by atoms with E-state index < -0.39 is 5.91 Å². The van der Waals surface area contributed by atoms with Crippen LogP contribution in [0.4, 0.5) is 4.39 Å². The van der Waals surface area contributed by atoms with E-state index in [0.29, 0.717) is 28.4 Å². The Labute approximate surface area is 137 Å². The van der Waals surface area contributed by atoms with Gasteiger partial charge in [-0.1, -0.05) is 12.1 Å². The van der Waals surface area contributed by atoms with Gasteiger partial charge in [0.1, 0.15) is 5.82 Å². The number of amides is 1. The predicted octanol–water partition coefficient (Wildman–Crippen LogP) is 3.28. The van der Waals surface area contributed by atoms with Crippen molar-refractivity contribution >= 4 is 27.7 Å². The van der Waals surface area contributed by atoms with E-state index in [1.165, 1.54) is 12.1 Å². The van der Waals surface area contributed by atoms with Crippen LogP contribution in [0.3, 0.4) is 0 Å². The number of aromatic nitrogens is 2. The standard InChI is InChI=1S/C19H13FN3O/c20-12-7-8-14-17(10-12)23(11-13-4-1-2-9-22-13)16-6-3-5-15(18(14)16)19(21)24/h1-7,9-10H,11H2,(H2,21,24). The number of nitrogens with zero attached hydrogens (tertiary/aromatic N) is 2. The molecule has 0 saturated heterocycles. The second-order valence-electron chi connectivity index (χ2n) is 5.55. The summed E-state index contributed by atoms with van der Waals surface area (Å²) in [6.45, 7) is 0.459. The summed E-state index contributed by atoms with van der Waals surface area (Å²) in [4.78, 5) is 16.1. The number of carbonyl (C=O) groups is 1. The summed E-state index contributed by atoms with van der Waals surface area (Å²) in [5, 5.41) is 1.37. The lowest BCUT2D eigenvalue weighted by molar-refractivity contribution is 0.100. The fourth-order valence-electron chi connectivity index (χ4n) is 3.06. The molecule has 2 aromatic heterocycles. The van der Waals surface area contributed by atoms with Crippen LogP contribution in [0.15, 0.2) is 54.7 Å². The first-order valence-corrected chi connectivity index (χ1v) is 7.47. The fraction of sp³-hybridized carbons (Fsp3) is 0.0526. The highest BCUT2D eigenvalue weighted by atomic mass is 19.1. The smallest absolute Gasteiger partial charge is 0.249 e. The van der Waals surface area contributed by atoms with Gasteiger partial charge < -0.3 is 10.3 Å². The number of hydrogen-bond donors (Lipinski definition) is 1. The lowest BCUT2D eigenvalue weighted by Gasteiger charge is -2.07. The van der Waals surface area contributed by atoms with Gasteiger partial charge in [-0.05, 0) is 42.5 Å². The van der Waals surface area contributed by atoms with E-state index in [2.05, 4.69) is 11.1 Å². The lowest BCUT2D eigenvalue weighted by Crippen LogP contribution is -2.11. The van der Waals surface area contributed by atoms with Crippen LogP contribution in [0.25, 0.3) is 21.8 Å². The van der Waals surface area contributed by atoms with Crippen LogP contribution in [-0.4, -0.2) is 15.5 Å². The largest absolute Gasteiger partial charge is 0.366 e. The number of nitrogens with two attached hydrogens (primary N) is 1. The molecule has 0 spiro atoms. The van der Waals surface area contributed by atoms with E-state index in [9.17, 15) is 9.18 Å². The molecular formula is C19H13FN3O. The second kappa shape index (κ2) is 5.45. The molecule has 0 atom stereocenters. The highest BCUT2D eigenvalue weighted by Gasteiger charge is 2.17. The van der Waals surface area contributed by atoms with Crippen molar-refractivity contribution in [2.24, 2.45) is 5.73 Å². The summed E-state index contributed by atoms with van der Waals surface area (Å²) in [5.74, 6) is -0.900. The number of benzene rings is 2.